The summed E-state index contributed by atoms with van der Waals surface area (Å²) in [6.45, 7) is 4.48. The number of nitrogens with two attached hydrogens (primary N) is 1. The summed E-state index contributed by atoms with van der Waals surface area (Å²) in [6.07, 6.45) is 0.917. The molecule has 1 aromatic rings. The van der Waals surface area contributed by atoms with Gasteiger partial charge in [-0.2, -0.15) is 0 Å². The lowest BCUT2D eigenvalue weighted by Crippen LogP contribution is -2.29. The van der Waals surface area contributed by atoms with Crippen molar-refractivity contribution in [1.29, 1.82) is 0 Å². The number of nitrogen functional groups attached to an aromatic ring is 1. The molecule has 5 heteroatoms. The van der Waals surface area contributed by atoms with Crippen molar-refractivity contribution >= 4 is 17.2 Å². The number of hydrogen-bond donors (Lipinski definition) is 1. The molecule has 0 aliphatic heterocycles. The fourth-order valence-electron chi connectivity index (χ4n) is 2.02. The summed E-state index contributed by atoms with van der Waals surface area (Å²) in [7, 11) is 3.37. The number of nitrogens with zero attached hydrogens (tertiary/aromatic N) is 1. The Kier molecular flexibility index (Phi) is 7.04. The van der Waals surface area contributed by atoms with E-state index in [-0.39, 0.29) is 5.78 Å². The molecule has 20 heavy (non-hydrogen) atoms. The maximum absolute atomic E-state index is 11.6. The first-order chi connectivity index (χ1) is 9.60. The Hall–Kier alpha value is -1.59. The van der Waals surface area contributed by atoms with E-state index in [0.29, 0.717) is 24.5 Å². The number of benzene rings is 1. The van der Waals surface area contributed by atoms with Crippen molar-refractivity contribution < 1.29 is 14.3 Å². The van der Waals surface area contributed by atoms with Gasteiger partial charge >= 0.3 is 0 Å². The van der Waals surface area contributed by atoms with Crippen LogP contribution >= 0.6 is 0 Å². The molecule has 112 valence electrons. The van der Waals surface area contributed by atoms with Crippen LogP contribution in [0.3, 0.4) is 0 Å². The second kappa shape index (κ2) is 8.55. The zero-order chi connectivity index (χ0) is 15.0. The van der Waals surface area contributed by atoms with Crippen molar-refractivity contribution in [2.24, 2.45) is 0 Å². The van der Waals surface area contributed by atoms with Crippen LogP contribution < -0.4 is 10.6 Å². The first-order valence-corrected chi connectivity index (χ1v) is 6.73. The predicted octanol–water partition coefficient (Wildman–Crippen LogP) is 1.96. The minimum absolute atomic E-state index is 0.0204. The SMILES string of the molecule is COCCCN(CCOC)c1ccc(N)c(C(C)=O)c1. The molecule has 0 aliphatic rings. The summed E-state index contributed by atoms with van der Waals surface area (Å²) in [6, 6.07) is 5.56. The second-order valence-electron chi connectivity index (χ2n) is 4.65. The van der Waals surface area contributed by atoms with Gasteiger partial charge in [0.05, 0.1) is 6.61 Å². The highest BCUT2D eigenvalue weighted by molar-refractivity contribution is 6.00. The molecule has 1 aromatic carbocycles. The number of carbonyl (C=O) groups excluding carboxylic acids is 1. The topological polar surface area (TPSA) is 64.8 Å². The van der Waals surface area contributed by atoms with Gasteiger partial charge in [-0.25, -0.2) is 0 Å². The number of ether oxygens (including phenoxy) is 2. The van der Waals surface area contributed by atoms with Crippen molar-refractivity contribution in [2.45, 2.75) is 13.3 Å². The Morgan fingerprint density at radius 3 is 2.50 bits per heavy atom. The van der Waals surface area contributed by atoms with Crippen LogP contribution in [0, 0.1) is 0 Å². The molecule has 0 saturated heterocycles. The summed E-state index contributed by atoms with van der Waals surface area (Å²) in [5.41, 5.74) is 7.90. The molecule has 0 atom stereocenters. The van der Waals surface area contributed by atoms with E-state index in [4.69, 9.17) is 15.2 Å². The van der Waals surface area contributed by atoms with E-state index >= 15 is 0 Å². The molecular formula is C15H24N2O3. The van der Waals surface area contributed by atoms with E-state index in [9.17, 15) is 4.79 Å². The van der Waals surface area contributed by atoms with E-state index in [1.165, 1.54) is 6.92 Å². The minimum Gasteiger partial charge on any atom is -0.398 e. The molecule has 5 nitrogen and oxygen atoms in total. The van der Waals surface area contributed by atoms with Gasteiger partial charge in [0.25, 0.3) is 0 Å². The summed E-state index contributed by atoms with van der Waals surface area (Å²) in [5, 5.41) is 0. The van der Waals surface area contributed by atoms with Crippen LogP contribution in [0.15, 0.2) is 18.2 Å². The Morgan fingerprint density at radius 1 is 1.20 bits per heavy atom. The fraction of sp³-hybridized carbons (Fsp3) is 0.533. The number of Topliss-reactive ketones (excluding diaryl/α,β-unsaturated/α-hetero) is 1. The first kappa shape index (κ1) is 16.5. The van der Waals surface area contributed by atoms with Gasteiger partial charge in [-0.15, -0.1) is 0 Å². The van der Waals surface area contributed by atoms with Gasteiger partial charge < -0.3 is 20.1 Å². The smallest absolute Gasteiger partial charge is 0.161 e. The summed E-state index contributed by atoms with van der Waals surface area (Å²) < 4.78 is 10.2. The molecule has 0 radical (unpaired) electrons. The van der Waals surface area contributed by atoms with Crippen LogP contribution in [-0.4, -0.2) is 46.3 Å². The first-order valence-electron chi connectivity index (χ1n) is 6.73. The van der Waals surface area contributed by atoms with Crippen LogP contribution in [0.4, 0.5) is 11.4 Å². The van der Waals surface area contributed by atoms with Gasteiger partial charge in [0.2, 0.25) is 0 Å². The van der Waals surface area contributed by atoms with Gasteiger partial charge in [-0.05, 0) is 31.5 Å². The van der Waals surface area contributed by atoms with E-state index in [0.717, 1.165) is 25.2 Å². The summed E-state index contributed by atoms with van der Waals surface area (Å²) in [5.74, 6) is -0.0204. The van der Waals surface area contributed by atoms with Crippen LogP contribution in [0.25, 0.3) is 0 Å². The molecule has 0 spiro atoms. The predicted molar refractivity (Wildman–Crippen MR) is 81.4 cm³/mol. The molecule has 0 aromatic heterocycles. The number of ketones is 1. The van der Waals surface area contributed by atoms with Gasteiger partial charge in [0.1, 0.15) is 0 Å². The fourth-order valence-corrected chi connectivity index (χ4v) is 2.02. The van der Waals surface area contributed by atoms with Crippen LogP contribution in [0.5, 0.6) is 0 Å². The van der Waals surface area contributed by atoms with E-state index in [1.807, 2.05) is 12.1 Å². The van der Waals surface area contributed by atoms with Crippen molar-refractivity contribution in [3.8, 4) is 0 Å². The molecule has 1 rings (SSSR count). The lowest BCUT2D eigenvalue weighted by Gasteiger charge is -2.25. The molecular weight excluding hydrogens is 256 g/mol. The highest BCUT2D eigenvalue weighted by atomic mass is 16.5. The normalized spacial score (nSPS) is 10.6. The Balaban J connectivity index is 2.88. The highest BCUT2D eigenvalue weighted by Crippen LogP contribution is 2.22. The second-order valence-corrected chi connectivity index (χ2v) is 4.65. The van der Waals surface area contributed by atoms with Crippen molar-refractivity contribution in [1.82, 2.24) is 0 Å². The van der Waals surface area contributed by atoms with Crippen molar-refractivity contribution in [3.63, 3.8) is 0 Å². The van der Waals surface area contributed by atoms with E-state index < -0.39 is 0 Å². The molecule has 0 aliphatic carbocycles. The molecule has 0 fully saturated rings. The highest BCUT2D eigenvalue weighted by Gasteiger charge is 2.11. The van der Waals surface area contributed by atoms with Crippen molar-refractivity contribution in [2.75, 3.05) is 51.2 Å². The van der Waals surface area contributed by atoms with Gasteiger partial charge in [0, 0.05) is 50.9 Å². The van der Waals surface area contributed by atoms with E-state index in [2.05, 4.69) is 4.90 Å². The summed E-state index contributed by atoms with van der Waals surface area (Å²) in [4.78, 5) is 13.7. The molecule has 0 bridgehead atoms. The quantitative estimate of drug-likeness (QED) is 0.425. The maximum atomic E-state index is 11.6. The van der Waals surface area contributed by atoms with Gasteiger partial charge in [0.15, 0.2) is 5.78 Å². The van der Waals surface area contributed by atoms with Crippen LogP contribution in [0.1, 0.15) is 23.7 Å². The molecule has 2 N–H and O–H groups in total. The number of rotatable bonds is 9. The Bertz CT molecular complexity index is 435. The lowest BCUT2D eigenvalue weighted by molar-refractivity contribution is 0.101. The molecule has 0 unspecified atom stereocenters. The van der Waals surface area contributed by atoms with Gasteiger partial charge in [-0.3, -0.25) is 4.79 Å². The zero-order valence-corrected chi connectivity index (χ0v) is 12.5. The lowest BCUT2D eigenvalue weighted by atomic mass is 10.1. The largest absolute Gasteiger partial charge is 0.398 e. The third kappa shape index (κ3) is 4.83. The average molecular weight is 280 g/mol. The Morgan fingerprint density at radius 2 is 1.90 bits per heavy atom. The maximum Gasteiger partial charge on any atom is 0.161 e. The van der Waals surface area contributed by atoms with Crippen LogP contribution in [0.2, 0.25) is 0 Å². The number of carbonyl (C=O) groups is 1. The molecule has 0 saturated carbocycles. The number of hydrogen-bond acceptors (Lipinski definition) is 5. The number of anilines is 2. The van der Waals surface area contributed by atoms with E-state index in [1.54, 1.807) is 20.3 Å². The third-order valence-corrected chi connectivity index (χ3v) is 3.12. The summed E-state index contributed by atoms with van der Waals surface area (Å²) >= 11 is 0. The van der Waals surface area contributed by atoms with Gasteiger partial charge in [-0.1, -0.05) is 0 Å². The molecule has 0 amide bonds. The average Bonchev–Trinajstić information content (AvgIpc) is 2.43. The Labute approximate surface area is 120 Å². The standard InChI is InChI=1S/C15H24N2O3/c1-12(18)14-11-13(5-6-15(14)16)17(8-10-20-3)7-4-9-19-2/h5-6,11H,4,7-10,16H2,1-3H3. The van der Waals surface area contributed by atoms with Crippen LogP contribution in [-0.2, 0) is 9.47 Å². The number of methoxy groups -OCH3 is 2. The third-order valence-electron chi connectivity index (χ3n) is 3.12. The monoisotopic (exact) mass is 280 g/mol. The zero-order valence-electron chi connectivity index (χ0n) is 12.5. The molecule has 0 heterocycles. The minimum atomic E-state index is -0.0204. The van der Waals surface area contributed by atoms with Crippen molar-refractivity contribution in [3.05, 3.63) is 23.8 Å².